The van der Waals surface area contributed by atoms with Crippen LogP contribution in [0.15, 0.2) is 77.4 Å². The van der Waals surface area contributed by atoms with Crippen LogP contribution in [0, 0.1) is 0 Å². The zero-order valence-corrected chi connectivity index (χ0v) is 19.6. The first-order chi connectivity index (χ1) is 15.9. The Labute approximate surface area is 197 Å². The summed E-state index contributed by atoms with van der Waals surface area (Å²) in [6, 6.07) is 18.2. The van der Waals surface area contributed by atoms with Crippen molar-refractivity contribution in [1.29, 1.82) is 0 Å². The van der Waals surface area contributed by atoms with Crippen molar-refractivity contribution >= 4 is 28.7 Å². The van der Waals surface area contributed by atoms with Crippen molar-refractivity contribution in [3.8, 4) is 5.75 Å². The topological polar surface area (TPSA) is 70.1 Å². The summed E-state index contributed by atoms with van der Waals surface area (Å²) in [6.07, 6.45) is 0.579. The Morgan fingerprint density at radius 1 is 1.09 bits per heavy atom. The first kappa shape index (κ1) is 22.6. The van der Waals surface area contributed by atoms with Gasteiger partial charge < -0.3 is 19.6 Å². The van der Waals surface area contributed by atoms with Gasteiger partial charge in [-0.1, -0.05) is 30.3 Å². The maximum Gasteiger partial charge on any atom is 0.290 e. The van der Waals surface area contributed by atoms with Crippen LogP contribution < -0.4 is 9.64 Å². The summed E-state index contributed by atoms with van der Waals surface area (Å²) in [6.45, 7) is 0.358. The van der Waals surface area contributed by atoms with E-state index >= 15 is 0 Å². The third-order valence-corrected chi connectivity index (χ3v) is 6.69. The van der Waals surface area contributed by atoms with Crippen LogP contribution in [0.2, 0.25) is 0 Å². The van der Waals surface area contributed by atoms with Gasteiger partial charge in [-0.15, -0.1) is 11.3 Å². The second kappa shape index (κ2) is 9.50. The van der Waals surface area contributed by atoms with E-state index in [2.05, 4.69) is 0 Å². The predicted octanol–water partition coefficient (Wildman–Crippen LogP) is 4.64. The highest BCUT2D eigenvalue weighted by molar-refractivity contribution is 7.12. The Kier molecular flexibility index (Phi) is 6.51. The Bertz CT molecular complexity index is 1170. The molecule has 1 aliphatic rings. The summed E-state index contributed by atoms with van der Waals surface area (Å²) in [4.78, 5) is 30.5. The molecule has 1 N–H and O–H groups in total. The molecule has 1 aliphatic heterocycles. The minimum atomic E-state index is -0.651. The molecule has 1 amide bonds. The molecule has 0 radical (unpaired) electrons. The van der Waals surface area contributed by atoms with Gasteiger partial charge in [0.1, 0.15) is 5.75 Å². The van der Waals surface area contributed by atoms with Gasteiger partial charge in [-0.3, -0.25) is 9.59 Å². The van der Waals surface area contributed by atoms with Crippen molar-refractivity contribution in [3.05, 3.63) is 93.4 Å². The Balaban J connectivity index is 1.68. The van der Waals surface area contributed by atoms with Crippen molar-refractivity contribution < 1.29 is 19.4 Å². The van der Waals surface area contributed by atoms with Gasteiger partial charge in [0.05, 0.1) is 23.6 Å². The number of aliphatic hydroxyl groups is 1. The third-order valence-electron chi connectivity index (χ3n) is 5.82. The first-order valence-corrected chi connectivity index (χ1v) is 11.5. The van der Waals surface area contributed by atoms with Crippen molar-refractivity contribution in [2.24, 2.45) is 0 Å². The number of carbonyl (C=O) groups is 2. The molecule has 0 aliphatic carbocycles. The predicted molar refractivity (Wildman–Crippen MR) is 130 cm³/mol. The Morgan fingerprint density at radius 2 is 1.79 bits per heavy atom. The second-order valence-corrected chi connectivity index (χ2v) is 9.00. The van der Waals surface area contributed by atoms with Crippen molar-refractivity contribution in [2.75, 3.05) is 32.6 Å². The lowest BCUT2D eigenvalue weighted by Gasteiger charge is -2.27. The monoisotopic (exact) mass is 462 g/mol. The quantitative estimate of drug-likeness (QED) is 0.494. The number of thiophene rings is 1. The van der Waals surface area contributed by atoms with E-state index in [1.54, 1.807) is 24.1 Å². The zero-order chi connectivity index (χ0) is 23.5. The number of benzene rings is 2. The molecule has 33 heavy (non-hydrogen) atoms. The summed E-state index contributed by atoms with van der Waals surface area (Å²) in [5, 5.41) is 12.6. The van der Waals surface area contributed by atoms with E-state index in [1.807, 2.05) is 72.9 Å². The van der Waals surface area contributed by atoms with Gasteiger partial charge in [-0.25, -0.2) is 0 Å². The smallest absolute Gasteiger partial charge is 0.290 e. The lowest BCUT2D eigenvalue weighted by atomic mass is 9.95. The lowest BCUT2D eigenvalue weighted by Crippen LogP contribution is -2.33. The molecule has 2 aromatic carbocycles. The van der Waals surface area contributed by atoms with E-state index < -0.39 is 17.7 Å². The highest BCUT2D eigenvalue weighted by Gasteiger charge is 2.43. The molecule has 0 bridgehead atoms. The van der Waals surface area contributed by atoms with E-state index in [1.165, 1.54) is 11.3 Å². The first-order valence-electron chi connectivity index (χ1n) is 10.6. The third kappa shape index (κ3) is 4.50. The number of hydrogen-bond donors (Lipinski definition) is 1. The van der Waals surface area contributed by atoms with Gasteiger partial charge in [0, 0.05) is 26.3 Å². The second-order valence-electron chi connectivity index (χ2n) is 8.05. The fourth-order valence-electron chi connectivity index (χ4n) is 4.00. The molecule has 170 valence electrons. The van der Waals surface area contributed by atoms with Crippen molar-refractivity contribution in [3.63, 3.8) is 0 Å². The van der Waals surface area contributed by atoms with Gasteiger partial charge in [-0.05, 0) is 53.3 Å². The summed E-state index contributed by atoms with van der Waals surface area (Å²) >= 11 is 1.30. The van der Waals surface area contributed by atoms with Crippen LogP contribution in [0.4, 0.5) is 5.69 Å². The van der Waals surface area contributed by atoms with Crippen molar-refractivity contribution in [1.82, 2.24) is 4.90 Å². The summed E-state index contributed by atoms with van der Waals surface area (Å²) in [7, 11) is 5.52. The number of rotatable bonds is 8. The number of methoxy groups -OCH3 is 1. The van der Waals surface area contributed by atoms with Crippen LogP contribution >= 0.6 is 11.3 Å². The number of ketones is 1. The number of nitrogens with zero attached hydrogens (tertiary/aromatic N) is 2. The minimum Gasteiger partial charge on any atom is -0.503 e. The summed E-state index contributed by atoms with van der Waals surface area (Å²) in [5.74, 6) is -0.544. The van der Waals surface area contributed by atoms with Crippen LogP contribution in [-0.4, -0.2) is 49.4 Å². The highest BCUT2D eigenvalue weighted by Crippen LogP contribution is 2.40. The number of aliphatic hydroxyl groups excluding tert-OH is 1. The van der Waals surface area contributed by atoms with E-state index in [0.717, 1.165) is 22.6 Å². The minimum absolute atomic E-state index is 0.134. The molecule has 0 fully saturated rings. The number of carbonyl (C=O) groups excluding carboxylic acids is 2. The van der Waals surface area contributed by atoms with Gasteiger partial charge in [-0.2, -0.15) is 0 Å². The molecule has 0 spiro atoms. The average molecular weight is 463 g/mol. The van der Waals surface area contributed by atoms with Crippen LogP contribution in [0.3, 0.4) is 0 Å². The molecular formula is C26H26N2O4S. The summed E-state index contributed by atoms with van der Waals surface area (Å²) < 4.78 is 5.21. The molecule has 7 heteroatoms. The number of hydrogen-bond acceptors (Lipinski definition) is 6. The molecule has 6 nitrogen and oxygen atoms in total. The molecule has 4 rings (SSSR count). The Hall–Kier alpha value is -3.58. The lowest BCUT2D eigenvalue weighted by molar-refractivity contribution is -0.129. The number of ether oxygens (including phenoxy) is 1. The highest BCUT2D eigenvalue weighted by atomic mass is 32.1. The van der Waals surface area contributed by atoms with Gasteiger partial charge in [0.15, 0.2) is 5.76 Å². The van der Waals surface area contributed by atoms with E-state index in [4.69, 9.17) is 4.74 Å². The van der Waals surface area contributed by atoms with Crippen LogP contribution in [0.1, 0.15) is 26.8 Å². The average Bonchev–Trinajstić information content (AvgIpc) is 3.45. The normalized spacial score (nSPS) is 15.8. The molecule has 1 atom stereocenters. The molecule has 3 aromatic rings. The van der Waals surface area contributed by atoms with Crippen LogP contribution in [0.25, 0.3) is 0 Å². The van der Waals surface area contributed by atoms with E-state index in [9.17, 15) is 14.7 Å². The number of amides is 1. The molecule has 1 aromatic heterocycles. The Morgan fingerprint density at radius 3 is 2.36 bits per heavy atom. The van der Waals surface area contributed by atoms with Crippen molar-refractivity contribution in [2.45, 2.75) is 12.5 Å². The number of Topliss-reactive ketones (excluding diaryl/α,β-unsaturated/α-hetero) is 1. The molecule has 0 saturated heterocycles. The largest absolute Gasteiger partial charge is 0.503 e. The standard InChI is InChI=1S/C26H26N2O4S/c1-27(2)19-10-8-18(9-11-19)23-22(24(29)21-5-4-16-33-21)25(30)26(31)28(23)15-14-17-6-12-20(32-3)13-7-17/h4-13,16,23,30H,14-15H2,1-3H3. The summed E-state index contributed by atoms with van der Waals surface area (Å²) in [5.41, 5.74) is 2.96. The van der Waals surface area contributed by atoms with Gasteiger partial charge >= 0.3 is 0 Å². The van der Waals surface area contributed by atoms with Gasteiger partial charge in [0.2, 0.25) is 5.78 Å². The maximum absolute atomic E-state index is 13.3. The zero-order valence-electron chi connectivity index (χ0n) is 18.8. The van der Waals surface area contributed by atoms with Crippen LogP contribution in [-0.2, 0) is 11.2 Å². The fraction of sp³-hybridized carbons (Fsp3) is 0.231. The van der Waals surface area contributed by atoms with E-state index in [0.29, 0.717) is 17.8 Å². The molecule has 1 unspecified atom stereocenters. The fourth-order valence-corrected chi connectivity index (χ4v) is 4.68. The van der Waals surface area contributed by atoms with Gasteiger partial charge in [0.25, 0.3) is 5.91 Å². The molecular weight excluding hydrogens is 436 g/mol. The van der Waals surface area contributed by atoms with Crippen LogP contribution in [0.5, 0.6) is 5.75 Å². The molecule has 2 heterocycles. The van der Waals surface area contributed by atoms with E-state index in [-0.39, 0.29) is 11.4 Å². The number of anilines is 1. The SMILES string of the molecule is COc1ccc(CCN2C(=O)C(O)=C(C(=O)c3cccs3)C2c2ccc(N(C)C)cc2)cc1. The maximum atomic E-state index is 13.3. The molecule has 0 saturated carbocycles.